The number of hydrogen-bond donors (Lipinski definition) is 1. The van der Waals surface area contributed by atoms with E-state index < -0.39 is 11.6 Å². The lowest BCUT2D eigenvalue weighted by Gasteiger charge is -2.29. The predicted octanol–water partition coefficient (Wildman–Crippen LogP) is 0.819. The van der Waals surface area contributed by atoms with Crippen LogP contribution in [0.5, 0.6) is 0 Å². The Balaban J connectivity index is 0.00000264. The van der Waals surface area contributed by atoms with Gasteiger partial charge in [-0.05, 0) is 11.6 Å². The van der Waals surface area contributed by atoms with Gasteiger partial charge in [0.05, 0.1) is 13.0 Å². The second-order valence-corrected chi connectivity index (χ2v) is 5.29. The summed E-state index contributed by atoms with van der Waals surface area (Å²) in [4.78, 5) is 27.1. The Morgan fingerprint density at radius 2 is 1.91 bits per heavy atom. The first-order chi connectivity index (χ1) is 10.5. The highest BCUT2D eigenvalue weighted by molar-refractivity contribution is 5.86. The first-order valence-electron chi connectivity index (χ1n) is 7.14. The van der Waals surface area contributed by atoms with Gasteiger partial charge in [0.1, 0.15) is 11.6 Å². The van der Waals surface area contributed by atoms with Gasteiger partial charge in [-0.25, -0.2) is 8.78 Å². The fourth-order valence-corrected chi connectivity index (χ4v) is 2.27. The van der Waals surface area contributed by atoms with Gasteiger partial charge < -0.3 is 15.1 Å². The van der Waals surface area contributed by atoms with E-state index in [-0.39, 0.29) is 42.8 Å². The zero-order chi connectivity index (χ0) is 16.1. The van der Waals surface area contributed by atoms with Gasteiger partial charge in [-0.15, -0.1) is 12.4 Å². The van der Waals surface area contributed by atoms with Crippen molar-refractivity contribution < 1.29 is 18.4 Å². The van der Waals surface area contributed by atoms with E-state index in [1.807, 2.05) is 0 Å². The zero-order valence-corrected chi connectivity index (χ0v) is 13.7. The second-order valence-electron chi connectivity index (χ2n) is 5.29. The molecule has 0 aliphatic carbocycles. The Labute approximate surface area is 140 Å². The molecule has 1 aromatic carbocycles. The highest BCUT2D eigenvalue weighted by atomic mass is 35.5. The first-order valence-corrected chi connectivity index (χ1v) is 7.14. The van der Waals surface area contributed by atoms with E-state index in [0.29, 0.717) is 13.1 Å². The number of nitrogens with one attached hydrogen (secondary N) is 1. The van der Waals surface area contributed by atoms with Crippen molar-refractivity contribution in [2.75, 3.05) is 39.8 Å². The Morgan fingerprint density at radius 1 is 1.26 bits per heavy atom. The molecular formula is C15H20ClF2N3O2. The van der Waals surface area contributed by atoms with Crippen LogP contribution < -0.4 is 5.32 Å². The molecule has 0 spiro atoms. The lowest BCUT2D eigenvalue weighted by Crippen LogP contribution is -2.49. The van der Waals surface area contributed by atoms with Crippen molar-refractivity contribution >= 4 is 24.2 Å². The second kappa shape index (κ2) is 8.79. The molecule has 2 rings (SSSR count). The van der Waals surface area contributed by atoms with Gasteiger partial charge in [0.2, 0.25) is 11.8 Å². The minimum Gasteiger partial charge on any atom is -0.339 e. The number of rotatable bonds is 4. The smallest absolute Gasteiger partial charge is 0.242 e. The van der Waals surface area contributed by atoms with Gasteiger partial charge in [-0.1, -0.05) is 6.07 Å². The topological polar surface area (TPSA) is 52.7 Å². The van der Waals surface area contributed by atoms with Crippen molar-refractivity contribution in [3.05, 3.63) is 35.4 Å². The number of halogens is 3. The Hall–Kier alpha value is -1.73. The van der Waals surface area contributed by atoms with E-state index in [2.05, 4.69) is 5.32 Å². The standard InChI is InChI=1S/C15H19F2N3O2.ClH/c1-19(10-15(22)20-6-4-18-5-7-20)14(21)8-11-2-3-12(16)9-13(11)17;/h2-3,9,18H,4-8,10H2,1H3;1H. The minimum absolute atomic E-state index is 0. The van der Waals surface area contributed by atoms with Crippen LogP contribution in [0.2, 0.25) is 0 Å². The molecule has 8 heteroatoms. The number of benzene rings is 1. The summed E-state index contributed by atoms with van der Waals surface area (Å²) in [6.45, 7) is 2.68. The molecule has 0 unspecified atom stereocenters. The summed E-state index contributed by atoms with van der Waals surface area (Å²) >= 11 is 0. The summed E-state index contributed by atoms with van der Waals surface area (Å²) in [5, 5.41) is 3.14. The van der Waals surface area contributed by atoms with Gasteiger partial charge in [-0.2, -0.15) is 0 Å². The number of carbonyl (C=O) groups is 2. The molecule has 1 heterocycles. The van der Waals surface area contributed by atoms with E-state index in [1.54, 1.807) is 4.90 Å². The molecule has 0 aromatic heterocycles. The lowest BCUT2D eigenvalue weighted by molar-refractivity contribution is -0.139. The number of hydrogen-bond acceptors (Lipinski definition) is 3. The van der Waals surface area contributed by atoms with Crippen LogP contribution in [0.25, 0.3) is 0 Å². The molecule has 1 saturated heterocycles. The molecule has 1 N–H and O–H groups in total. The van der Waals surface area contributed by atoms with Gasteiger partial charge in [0.15, 0.2) is 0 Å². The maximum atomic E-state index is 13.5. The molecule has 5 nitrogen and oxygen atoms in total. The van der Waals surface area contributed by atoms with Crippen molar-refractivity contribution in [2.24, 2.45) is 0 Å². The molecule has 128 valence electrons. The summed E-state index contributed by atoms with van der Waals surface area (Å²) in [6, 6.07) is 3.10. The van der Waals surface area contributed by atoms with Crippen LogP contribution in [-0.2, 0) is 16.0 Å². The monoisotopic (exact) mass is 347 g/mol. The fourth-order valence-electron chi connectivity index (χ4n) is 2.27. The number of nitrogens with zero attached hydrogens (tertiary/aromatic N) is 2. The molecule has 2 amide bonds. The molecule has 0 radical (unpaired) electrons. The molecule has 1 aliphatic rings. The Kier molecular flexibility index (Phi) is 7.38. The largest absolute Gasteiger partial charge is 0.339 e. The average molecular weight is 348 g/mol. The van der Waals surface area contributed by atoms with Crippen LogP contribution in [0, 0.1) is 11.6 Å². The Bertz CT molecular complexity index is 566. The van der Waals surface area contributed by atoms with E-state index in [4.69, 9.17) is 0 Å². The predicted molar refractivity (Wildman–Crippen MR) is 84.4 cm³/mol. The molecule has 23 heavy (non-hydrogen) atoms. The minimum atomic E-state index is -0.754. The van der Waals surface area contributed by atoms with Crippen molar-refractivity contribution in [3.63, 3.8) is 0 Å². The molecule has 1 fully saturated rings. The summed E-state index contributed by atoms with van der Waals surface area (Å²) in [5.41, 5.74) is 0.118. The van der Waals surface area contributed by atoms with E-state index >= 15 is 0 Å². The van der Waals surface area contributed by atoms with Crippen molar-refractivity contribution in [1.82, 2.24) is 15.1 Å². The molecule has 0 saturated carbocycles. The van der Waals surface area contributed by atoms with Crippen molar-refractivity contribution in [1.29, 1.82) is 0 Å². The van der Waals surface area contributed by atoms with Crippen LogP contribution >= 0.6 is 12.4 Å². The fraction of sp³-hybridized carbons (Fsp3) is 0.467. The molecular weight excluding hydrogens is 328 g/mol. The zero-order valence-electron chi connectivity index (χ0n) is 12.8. The third kappa shape index (κ3) is 5.44. The highest BCUT2D eigenvalue weighted by Gasteiger charge is 2.20. The van der Waals surface area contributed by atoms with Gasteiger partial charge in [-0.3, -0.25) is 9.59 Å². The number of carbonyl (C=O) groups excluding carboxylic acids is 2. The normalized spacial score (nSPS) is 14.1. The molecule has 0 atom stereocenters. The number of likely N-dealkylation sites (N-methyl/N-ethyl adjacent to an activating group) is 1. The quantitative estimate of drug-likeness (QED) is 0.877. The van der Waals surface area contributed by atoms with Crippen LogP contribution in [0.4, 0.5) is 8.78 Å². The van der Waals surface area contributed by atoms with Crippen LogP contribution in [0.3, 0.4) is 0 Å². The molecule has 1 aromatic rings. The summed E-state index contributed by atoms with van der Waals surface area (Å²) in [7, 11) is 1.50. The maximum absolute atomic E-state index is 13.5. The summed E-state index contributed by atoms with van der Waals surface area (Å²) in [5.74, 6) is -1.95. The van der Waals surface area contributed by atoms with Crippen LogP contribution in [0.15, 0.2) is 18.2 Å². The van der Waals surface area contributed by atoms with Gasteiger partial charge in [0, 0.05) is 39.3 Å². The van der Waals surface area contributed by atoms with E-state index in [0.717, 1.165) is 25.2 Å². The van der Waals surface area contributed by atoms with Crippen molar-refractivity contribution in [2.45, 2.75) is 6.42 Å². The van der Waals surface area contributed by atoms with E-state index in [1.165, 1.54) is 18.0 Å². The lowest BCUT2D eigenvalue weighted by atomic mass is 10.1. The van der Waals surface area contributed by atoms with Crippen molar-refractivity contribution in [3.8, 4) is 0 Å². The highest BCUT2D eigenvalue weighted by Crippen LogP contribution is 2.11. The molecule has 1 aliphatic heterocycles. The summed E-state index contributed by atoms with van der Waals surface area (Å²) in [6.07, 6.45) is -0.197. The van der Waals surface area contributed by atoms with Gasteiger partial charge in [0.25, 0.3) is 0 Å². The third-order valence-corrected chi connectivity index (χ3v) is 3.62. The SMILES string of the molecule is CN(CC(=O)N1CCNCC1)C(=O)Cc1ccc(F)cc1F.Cl. The van der Waals surface area contributed by atoms with Gasteiger partial charge >= 0.3 is 0 Å². The third-order valence-electron chi connectivity index (χ3n) is 3.62. The maximum Gasteiger partial charge on any atom is 0.242 e. The number of amides is 2. The summed E-state index contributed by atoms with van der Waals surface area (Å²) < 4.78 is 26.4. The Morgan fingerprint density at radius 3 is 2.52 bits per heavy atom. The first kappa shape index (κ1) is 19.3. The average Bonchev–Trinajstić information content (AvgIpc) is 2.50. The molecule has 0 bridgehead atoms. The van der Waals surface area contributed by atoms with Crippen LogP contribution in [0.1, 0.15) is 5.56 Å². The van der Waals surface area contributed by atoms with E-state index in [9.17, 15) is 18.4 Å². The number of piperazine rings is 1. The van der Waals surface area contributed by atoms with Crippen LogP contribution in [-0.4, -0.2) is 61.4 Å².